The summed E-state index contributed by atoms with van der Waals surface area (Å²) in [5.74, 6) is -0.591. The van der Waals surface area contributed by atoms with Crippen molar-refractivity contribution in [3.8, 4) is 5.75 Å². The van der Waals surface area contributed by atoms with E-state index < -0.39 is 15.8 Å². The van der Waals surface area contributed by atoms with Crippen molar-refractivity contribution in [1.82, 2.24) is 0 Å². The molecule has 0 atom stereocenters. The summed E-state index contributed by atoms with van der Waals surface area (Å²) < 4.78 is 33.9. The molecule has 1 rings (SSSR count). The number of hydrogen-bond acceptors (Lipinski definition) is 5. The van der Waals surface area contributed by atoms with Gasteiger partial charge in [0.25, 0.3) is 0 Å². The molecule has 5 nitrogen and oxygen atoms in total. The Bertz CT molecular complexity index is 565. The Morgan fingerprint density at radius 2 is 2.00 bits per heavy atom. The number of benzene rings is 1. The van der Waals surface area contributed by atoms with Gasteiger partial charge in [-0.15, -0.1) is 0 Å². The first-order valence-electron chi connectivity index (χ1n) is 5.06. The Morgan fingerprint density at radius 1 is 1.39 bits per heavy atom. The Balaban J connectivity index is 3.58. The molecule has 0 saturated heterocycles. The SMILES string of the molecule is CCOC(=O)c1ccc(Br)c(OC)c1S(C)(=O)=O. The quantitative estimate of drug-likeness (QED) is 0.787. The summed E-state index contributed by atoms with van der Waals surface area (Å²) in [5.41, 5.74) is -0.0283. The van der Waals surface area contributed by atoms with Gasteiger partial charge in [-0.2, -0.15) is 0 Å². The zero-order chi connectivity index (χ0) is 13.9. The van der Waals surface area contributed by atoms with Crippen LogP contribution in [0.3, 0.4) is 0 Å². The predicted molar refractivity (Wildman–Crippen MR) is 69.8 cm³/mol. The maximum Gasteiger partial charge on any atom is 0.339 e. The largest absolute Gasteiger partial charge is 0.494 e. The summed E-state index contributed by atoms with van der Waals surface area (Å²) in [6.45, 7) is 1.81. The van der Waals surface area contributed by atoms with Crippen LogP contribution in [0.15, 0.2) is 21.5 Å². The third-order valence-corrected chi connectivity index (χ3v) is 3.91. The Morgan fingerprint density at radius 3 is 2.44 bits per heavy atom. The Hall–Kier alpha value is -1.08. The molecule has 100 valence electrons. The van der Waals surface area contributed by atoms with E-state index in [-0.39, 0.29) is 22.8 Å². The molecule has 0 aliphatic rings. The summed E-state index contributed by atoms with van der Waals surface area (Å²) in [6, 6.07) is 2.93. The minimum Gasteiger partial charge on any atom is -0.494 e. The van der Waals surface area contributed by atoms with Gasteiger partial charge >= 0.3 is 5.97 Å². The predicted octanol–water partition coefficient (Wildman–Crippen LogP) is 2.04. The summed E-state index contributed by atoms with van der Waals surface area (Å²) >= 11 is 3.18. The lowest BCUT2D eigenvalue weighted by Gasteiger charge is -2.13. The number of ether oxygens (including phenoxy) is 2. The van der Waals surface area contributed by atoms with Gasteiger partial charge in [-0.05, 0) is 35.0 Å². The normalized spacial score (nSPS) is 11.1. The lowest BCUT2D eigenvalue weighted by Crippen LogP contribution is -2.13. The van der Waals surface area contributed by atoms with Gasteiger partial charge in [0, 0.05) is 6.26 Å². The van der Waals surface area contributed by atoms with Gasteiger partial charge in [-0.25, -0.2) is 13.2 Å². The third-order valence-electron chi connectivity index (χ3n) is 2.13. The number of halogens is 1. The zero-order valence-electron chi connectivity index (χ0n) is 10.2. The molecule has 1 aromatic carbocycles. The number of sulfone groups is 1. The number of esters is 1. The smallest absolute Gasteiger partial charge is 0.339 e. The number of carbonyl (C=O) groups is 1. The second kappa shape index (κ2) is 5.71. The van der Waals surface area contributed by atoms with E-state index >= 15 is 0 Å². The molecule has 0 amide bonds. The van der Waals surface area contributed by atoms with Crippen molar-refractivity contribution in [2.24, 2.45) is 0 Å². The van der Waals surface area contributed by atoms with Gasteiger partial charge in [-0.3, -0.25) is 0 Å². The van der Waals surface area contributed by atoms with E-state index in [4.69, 9.17) is 9.47 Å². The maximum absolute atomic E-state index is 11.8. The first-order chi connectivity index (χ1) is 8.32. The Kier molecular flexibility index (Phi) is 4.75. The monoisotopic (exact) mass is 336 g/mol. The molecule has 0 fully saturated rings. The van der Waals surface area contributed by atoms with Crippen LogP contribution >= 0.6 is 15.9 Å². The van der Waals surface area contributed by atoms with Crippen LogP contribution in [-0.2, 0) is 14.6 Å². The van der Waals surface area contributed by atoms with E-state index in [2.05, 4.69) is 15.9 Å². The number of hydrogen-bond donors (Lipinski definition) is 0. The van der Waals surface area contributed by atoms with Crippen LogP contribution in [0.25, 0.3) is 0 Å². The van der Waals surface area contributed by atoms with Crippen molar-refractivity contribution in [2.75, 3.05) is 20.0 Å². The fourth-order valence-corrected chi connectivity index (χ4v) is 3.17. The number of methoxy groups -OCH3 is 1. The van der Waals surface area contributed by atoms with Crippen molar-refractivity contribution in [1.29, 1.82) is 0 Å². The molecule has 0 saturated carbocycles. The fourth-order valence-electron chi connectivity index (χ4n) is 1.47. The van der Waals surface area contributed by atoms with E-state index in [9.17, 15) is 13.2 Å². The highest BCUT2D eigenvalue weighted by Gasteiger charge is 2.26. The van der Waals surface area contributed by atoms with Crippen LogP contribution in [0, 0.1) is 0 Å². The third kappa shape index (κ3) is 3.02. The highest BCUT2D eigenvalue weighted by molar-refractivity contribution is 9.10. The second-order valence-corrected chi connectivity index (χ2v) is 6.26. The van der Waals surface area contributed by atoms with E-state index in [0.717, 1.165) is 6.26 Å². The molecule has 18 heavy (non-hydrogen) atoms. The molecule has 0 aliphatic carbocycles. The van der Waals surface area contributed by atoms with E-state index in [1.807, 2.05) is 0 Å². The van der Waals surface area contributed by atoms with Gasteiger partial charge in [-0.1, -0.05) is 0 Å². The van der Waals surface area contributed by atoms with Gasteiger partial charge in [0.1, 0.15) is 4.90 Å². The number of carbonyl (C=O) groups excluding carboxylic acids is 1. The second-order valence-electron chi connectivity index (χ2n) is 3.45. The molecule has 0 radical (unpaired) electrons. The highest BCUT2D eigenvalue weighted by Crippen LogP contribution is 2.35. The van der Waals surface area contributed by atoms with Gasteiger partial charge in [0.2, 0.25) is 0 Å². The molecule has 1 aromatic rings. The van der Waals surface area contributed by atoms with Gasteiger partial charge in [0.05, 0.1) is 23.8 Å². The lowest BCUT2D eigenvalue weighted by molar-refractivity contribution is 0.0521. The average molecular weight is 337 g/mol. The minimum atomic E-state index is -3.62. The summed E-state index contributed by atoms with van der Waals surface area (Å²) in [4.78, 5) is 11.6. The van der Waals surface area contributed by atoms with Crippen LogP contribution in [0.2, 0.25) is 0 Å². The molecular weight excluding hydrogens is 324 g/mol. The van der Waals surface area contributed by atoms with E-state index in [1.54, 1.807) is 13.0 Å². The van der Waals surface area contributed by atoms with E-state index in [0.29, 0.717) is 4.47 Å². The number of rotatable bonds is 4. The van der Waals surface area contributed by atoms with Crippen molar-refractivity contribution in [3.05, 3.63) is 22.2 Å². The van der Waals surface area contributed by atoms with Crippen molar-refractivity contribution < 1.29 is 22.7 Å². The van der Waals surface area contributed by atoms with Crippen LogP contribution in [0.1, 0.15) is 17.3 Å². The summed E-state index contributed by atoms with van der Waals surface area (Å²) in [7, 11) is -2.28. The van der Waals surface area contributed by atoms with Gasteiger partial charge in [0.15, 0.2) is 15.6 Å². The first-order valence-corrected chi connectivity index (χ1v) is 7.75. The molecule has 0 bridgehead atoms. The Labute approximate surface area is 114 Å². The molecule has 0 aliphatic heterocycles. The lowest BCUT2D eigenvalue weighted by atomic mass is 10.2. The van der Waals surface area contributed by atoms with Crippen LogP contribution in [-0.4, -0.2) is 34.4 Å². The molecule has 0 unspecified atom stereocenters. The highest BCUT2D eigenvalue weighted by atomic mass is 79.9. The molecule has 0 aromatic heterocycles. The van der Waals surface area contributed by atoms with Crippen LogP contribution < -0.4 is 4.74 Å². The molecule has 0 heterocycles. The topological polar surface area (TPSA) is 69.7 Å². The van der Waals surface area contributed by atoms with Gasteiger partial charge < -0.3 is 9.47 Å². The van der Waals surface area contributed by atoms with E-state index in [1.165, 1.54) is 13.2 Å². The molecule has 0 spiro atoms. The standard InChI is InChI=1S/C11H13BrO5S/c1-4-17-11(13)7-5-6-8(12)9(16-2)10(7)18(3,14)15/h5-6H,4H2,1-3H3. The average Bonchev–Trinajstić information content (AvgIpc) is 2.27. The van der Waals surface area contributed by atoms with Crippen molar-refractivity contribution in [3.63, 3.8) is 0 Å². The summed E-state index contributed by atoms with van der Waals surface area (Å²) in [6.07, 6.45) is 1.01. The van der Waals surface area contributed by atoms with Crippen molar-refractivity contribution >= 4 is 31.7 Å². The summed E-state index contributed by atoms with van der Waals surface area (Å²) in [5, 5.41) is 0. The minimum absolute atomic E-state index is 0.0283. The first kappa shape index (κ1) is 15.0. The van der Waals surface area contributed by atoms with Crippen LogP contribution in [0.5, 0.6) is 5.75 Å². The zero-order valence-corrected chi connectivity index (χ0v) is 12.6. The molecule has 0 N–H and O–H groups in total. The molecule has 7 heteroatoms. The maximum atomic E-state index is 11.8. The fraction of sp³-hybridized carbons (Fsp3) is 0.364. The van der Waals surface area contributed by atoms with Crippen LogP contribution in [0.4, 0.5) is 0 Å². The molecular formula is C11H13BrO5S. The van der Waals surface area contributed by atoms with Crippen molar-refractivity contribution in [2.45, 2.75) is 11.8 Å².